The number of hydrogen-bond donors (Lipinski definition) is 0. The molecule has 1 rings (SSSR count). The Labute approximate surface area is 89.8 Å². The van der Waals surface area contributed by atoms with E-state index in [4.69, 9.17) is 4.74 Å². The van der Waals surface area contributed by atoms with Crippen molar-refractivity contribution in [1.82, 2.24) is 0 Å². The van der Waals surface area contributed by atoms with E-state index in [1.807, 2.05) is 0 Å². The van der Waals surface area contributed by atoms with Crippen LogP contribution in [0.4, 0.5) is 0 Å². The smallest absolute Gasteiger partial charge is 0.828 e. The van der Waals surface area contributed by atoms with Crippen LogP contribution in [-0.2, 0) is 14.3 Å². The van der Waals surface area contributed by atoms with Gasteiger partial charge in [-0.2, -0.15) is 0 Å². The van der Waals surface area contributed by atoms with Crippen molar-refractivity contribution in [2.45, 2.75) is 25.0 Å². The number of carbonyl (C=O) groups is 1. The zero-order valence-electron chi connectivity index (χ0n) is 8.33. The summed E-state index contributed by atoms with van der Waals surface area (Å²) in [5, 5.41) is 11.7. The Balaban J connectivity index is 0.00000144. The van der Waals surface area contributed by atoms with Crippen LogP contribution in [0.25, 0.3) is 0 Å². The molecule has 0 saturated heterocycles. The van der Waals surface area contributed by atoms with Gasteiger partial charge in [0.1, 0.15) is 0 Å². The molecule has 70 valence electrons. The summed E-state index contributed by atoms with van der Waals surface area (Å²) in [6.45, 7) is 0. The van der Waals surface area contributed by atoms with E-state index in [2.05, 4.69) is 4.74 Å². The van der Waals surface area contributed by atoms with Gasteiger partial charge >= 0.3 is 24.8 Å². The van der Waals surface area contributed by atoms with Crippen LogP contribution < -0.4 is 24.0 Å². The van der Waals surface area contributed by atoms with Crippen LogP contribution >= 0.6 is 0 Å². The summed E-state index contributed by atoms with van der Waals surface area (Å²) >= 11 is 0. The summed E-state index contributed by atoms with van der Waals surface area (Å²) in [6, 6.07) is 0. The first-order valence-electron chi connectivity index (χ1n) is 3.97. The van der Waals surface area contributed by atoms with Gasteiger partial charge < -0.3 is 14.6 Å². The summed E-state index contributed by atoms with van der Waals surface area (Å²) in [5.74, 6) is -2.63. The van der Waals surface area contributed by atoms with Crippen molar-refractivity contribution in [1.29, 1.82) is 0 Å². The SMILES string of the molecule is COC(=O)C1CCCC1([O-])OC.[Li+]. The summed E-state index contributed by atoms with van der Waals surface area (Å²) in [6.07, 6.45) is 1.70. The van der Waals surface area contributed by atoms with E-state index in [9.17, 15) is 9.90 Å². The van der Waals surface area contributed by atoms with Crippen molar-refractivity contribution in [2.24, 2.45) is 5.92 Å². The summed E-state index contributed by atoms with van der Waals surface area (Å²) in [5.41, 5.74) is 0. The van der Waals surface area contributed by atoms with E-state index >= 15 is 0 Å². The molecule has 0 radical (unpaired) electrons. The number of hydrogen-bond acceptors (Lipinski definition) is 4. The van der Waals surface area contributed by atoms with Gasteiger partial charge in [0.15, 0.2) is 0 Å². The fraction of sp³-hybridized carbons (Fsp3) is 0.875. The number of methoxy groups -OCH3 is 2. The fourth-order valence-corrected chi connectivity index (χ4v) is 1.63. The average molecular weight is 180 g/mol. The molecule has 1 aliphatic carbocycles. The average Bonchev–Trinajstić information content (AvgIpc) is 2.47. The fourth-order valence-electron chi connectivity index (χ4n) is 1.63. The number of esters is 1. The molecule has 0 amide bonds. The van der Waals surface area contributed by atoms with Crippen molar-refractivity contribution < 1.29 is 38.2 Å². The van der Waals surface area contributed by atoms with Crippen LogP contribution in [0.1, 0.15) is 19.3 Å². The minimum Gasteiger partial charge on any atom is -0.828 e. The molecule has 13 heavy (non-hydrogen) atoms. The van der Waals surface area contributed by atoms with Gasteiger partial charge in [-0.05, 0) is 12.8 Å². The monoisotopic (exact) mass is 180 g/mol. The van der Waals surface area contributed by atoms with Crippen molar-refractivity contribution in [3.63, 3.8) is 0 Å². The van der Waals surface area contributed by atoms with Gasteiger partial charge in [-0.1, -0.05) is 6.42 Å². The molecule has 0 spiro atoms. The van der Waals surface area contributed by atoms with Crippen LogP contribution in [0, 0.1) is 5.92 Å². The molecule has 0 aromatic carbocycles. The third-order valence-corrected chi connectivity index (χ3v) is 2.38. The van der Waals surface area contributed by atoms with Gasteiger partial charge in [0.05, 0.1) is 13.0 Å². The summed E-state index contributed by atoms with van der Waals surface area (Å²) < 4.78 is 9.29. The van der Waals surface area contributed by atoms with Crippen molar-refractivity contribution >= 4 is 5.97 Å². The van der Waals surface area contributed by atoms with Gasteiger partial charge in [0.2, 0.25) is 0 Å². The van der Waals surface area contributed by atoms with Gasteiger partial charge in [-0.15, -0.1) is 0 Å². The molecule has 2 unspecified atom stereocenters. The van der Waals surface area contributed by atoms with Gasteiger partial charge in [-0.3, -0.25) is 4.79 Å². The summed E-state index contributed by atoms with van der Waals surface area (Å²) in [7, 11) is 2.63. The van der Waals surface area contributed by atoms with E-state index in [1.54, 1.807) is 0 Å². The number of ether oxygens (including phenoxy) is 2. The first-order valence-corrected chi connectivity index (χ1v) is 3.97. The normalized spacial score (nSPS) is 32.4. The molecule has 5 heteroatoms. The van der Waals surface area contributed by atoms with Gasteiger partial charge in [-0.25, -0.2) is 0 Å². The van der Waals surface area contributed by atoms with Crippen LogP contribution in [-0.4, -0.2) is 26.0 Å². The quantitative estimate of drug-likeness (QED) is 0.253. The van der Waals surface area contributed by atoms with Crippen LogP contribution in [0.2, 0.25) is 0 Å². The second kappa shape index (κ2) is 5.01. The Morgan fingerprint density at radius 3 is 2.62 bits per heavy atom. The predicted molar refractivity (Wildman–Crippen MR) is 39.1 cm³/mol. The Morgan fingerprint density at radius 1 is 1.54 bits per heavy atom. The molecule has 1 aliphatic rings. The van der Waals surface area contributed by atoms with E-state index in [-0.39, 0.29) is 18.9 Å². The molecule has 4 nitrogen and oxygen atoms in total. The molecule has 0 N–H and O–H groups in total. The molecule has 0 aromatic rings. The summed E-state index contributed by atoms with van der Waals surface area (Å²) in [4.78, 5) is 11.1. The number of carbonyl (C=O) groups excluding carboxylic acids is 1. The van der Waals surface area contributed by atoms with E-state index in [0.717, 1.165) is 6.42 Å². The second-order valence-corrected chi connectivity index (χ2v) is 2.98. The van der Waals surface area contributed by atoms with E-state index in [0.29, 0.717) is 12.8 Å². The maximum absolute atomic E-state index is 11.7. The molecule has 0 bridgehead atoms. The Bertz CT molecular complexity index is 185. The van der Waals surface area contributed by atoms with Crippen molar-refractivity contribution in [3.8, 4) is 0 Å². The molecule has 0 aliphatic heterocycles. The maximum Gasteiger partial charge on any atom is 1.00 e. The first kappa shape index (κ1) is 13.0. The standard InChI is InChI=1S/C8H13O4.Li/c1-11-7(9)6-4-3-5-8(6,10)12-2;/h6H,3-5H2,1-2H3;/q-1;+1. The molecule has 2 atom stereocenters. The Kier molecular flexibility index (Phi) is 5.01. The molecule has 1 saturated carbocycles. The molecule has 0 heterocycles. The Morgan fingerprint density at radius 2 is 2.15 bits per heavy atom. The van der Waals surface area contributed by atoms with E-state index in [1.165, 1.54) is 14.2 Å². The molecule has 1 fully saturated rings. The third kappa shape index (κ3) is 2.47. The third-order valence-electron chi connectivity index (χ3n) is 2.38. The zero-order chi connectivity index (χ0) is 9.19. The van der Waals surface area contributed by atoms with Crippen molar-refractivity contribution in [2.75, 3.05) is 14.2 Å². The minimum absolute atomic E-state index is 0. The van der Waals surface area contributed by atoms with Crippen LogP contribution in [0.3, 0.4) is 0 Å². The maximum atomic E-state index is 11.7. The Hall–Kier alpha value is -0.0126. The largest absolute Gasteiger partial charge is 1.00 e. The zero-order valence-corrected chi connectivity index (χ0v) is 8.33. The number of rotatable bonds is 2. The first-order chi connectivity index (χ1) is 5.64. The van der Waals surface area contributed by atoms with Gasteiger partial charge in [0.25, 0.3) is 0 Å². The van der Waals surface area contributed by atoms with E-state index < -0.39 is 17.7 Å². The molecule has 0 aromatic heterocycles. The van der Waals surface area contributed by atoms with Crippen molar-refractivity contribution in [3.05, 3.63) is 0 Å². The minimum atomic E-state index is -1.55. The van der Waals surface area contributed by atoms with Gasteiger partial charge in [0, 0.05) is 12.9 Å². The predicted octanol–water partition coefficient (Wildman–Crippen LogP) is -3.33. The van der Waals surface area contributed by atoms with Crippen LogP contribution in [0.15, 0.2) is 0 Å². The van der Waals surface area contributed by atoms with Crippen LogP contribution in [0.5, 0.6) is 0 Å². The molecular weight excluding hydrogens is 167 g/mol. The second-order valence-electron chi connectivity index (χ2n) is 2.98. The molecular formula is C8H13LiO4. The topological polar surface area (TPSA) is 58.6 Å².